The highest BCUT2D eigenvalue weighted by Gasteiger charge is 2.53. The van der Waals surface area contributed by atoms with Gasteiger partial charge in [-0.15, -0.1) is 0 Å². The zero-order chi connectivity index (χ0) is 25.0. The lowest BCUT2D eigenvalue weighted by Gasteiger charge is -2.37. The van der Waals surface area contributed by atoms with Gasteiger partial charge in [0.05, 0.1) is 10.5 Å². The molecule has 2 heterocycles. The molecular weight excluding hydrogens is 458 g/mol. The average Bonchev–Trinajstić information content (AvgIpc) is 3.17. The summed E-state index contributed by atoms with van der Waals surface area (Å²) in [6, 6.07) is 25.0. The summed E-state index contributed by atoms with van der Waals surface area (Å²) in [5, 5.41) is 14.7. The summed E-state index contributed by atoms with van der Waals surface area (Å²) >= 11 is 0. The second-order valence-electron chi connectivity index (χ2n) is 8.90. The number of nitrogens with zero attached hydrogens (tertiary/aromatic N) is 2. The zero-order valence-electron chi connectivity index (χ0n) is 19.5. The van der Waals surface area contributed by atoms with Crippen molar-refractivity contribution in [3.05, 3.63) is 117 Å². The normalized spacial score (nSPS) is 16.9. The molecule has 2 aliphatic rings. The molecule has 6 rings (SSSR count). The maximum absolute atomic E-state index is 13.1. The first-order valence-corrected chi connectivity index (χ1v) is 11.4. The van der Waals surface area contributed by atoms with Crippen molar-refractivity contribution in [1.29, 1.82) is 0 Å². The molecule has 8 heteroatoms. The van der Waals surface area contributed by atoms with Crippen molar-refractivity contribution in [3.63, 3.8) is 0 Å². The summed E-state index contributed by atoms with van der Waals surface area (Å²) in [4.78, 5) is 26.1. The molecule has 4 aromatic carbocycles. The number of anilines is 3. The Morgan fingerprint density at radius 3 is 2.44 bits per heavy atom. The number of esters is 1. The second kappa shape index (κ2) is 7.84. The van der Waals surface area contributed by atoms with E-state index in [0.717, 1.165) is 11.3 Å². The molecule has 1 N–H and O–H groups in total. The van der Waals surface area contributed by atoms with E-state index in [1.165, 1.54) is 6.07 Å². The molecule has 8 nitrogen and oxygen atoms in total. The van der Waals surface area contributed by atoms with Crippen molar-refractivity contribution >= 4 is 28.7 Å². The number of para-hydroxylation sites is 2. The summed E-state index contributed by atoms with van der Waals surface area (Å²) in [5.41, 5.74) is 3.19. The maximum Gasteiger partial charge on any atom is 0.340 e. The van der Waals surface area contributed by atoms with Crippen molar-refractivity contribution in [2.24, 2.45) is 0 Å². The summed E-state index contributed by atoms with van der Waals surface area (Å²) in [5.74, 6) is 0.715. The third kappa shape index (κ3) is 3.11. The highest BCUT2D eigenvalue weighted by molar-refractivity contribution is 5.97. The van der Waals surface area contributed by atoms with Gasteiger partial charge >= 0.3 is 5.97 Å². The molecule has 2 aliphatic heterocycles. The number of carbonyl (C=O) groups excluding carboxylic acids is 1. The lowest BCUT2D eigenvalue weighted by atomic mass is 9.77. The summed E-state index contributed by atoms with van der Waals surface area (Å²) in [6.07, 6.45) is 0. The number of rotatable bonds is 4. The fourth-order valence-electron chi connectivity index (χ4n) is 4.91. The Balaban J connectivity index is 1.56. The second-order valence-corrected chi connectivity index (χ2v) is 8.90. The van der Waals surface area contributed by atoms with Crippen molar-refractivity contribution in [3.8, 4) is 11.5 Å². The Labute approximate surface area is 206 Å². The van der Waals surface area contributed by atoms with Crippen LogP contribution in [-0.2, 0) is 10.3 Å². The van der Waals surface area contributed by atoms with Crippen molar-refractivity contribution in [1.82, 2.24) is 0 Å². The molecule has 1 atom stereocenters. The van der Waals surface area contributed by atoms with E-state index in [4.69, 9.17) is 9.47 Å². The van der Waals surface area contributed by atoms with Gasteiger partial charge in [0.2, 0.25) is 0 Å². The van der Waals surface area contributed by atoms with E-state index in [9.17, 15) is 14.9 Å². The van der Waals surface area contributed by atoms with Crippen LogP contribution in [0.5, 0.6) is 11.5 Å². The predicted octanol–water partition coefficient (Wildman–Crippen LogP) is 5.97. The van der Waals surface area contributed by atoms with E-state index in [1.807, 2.05) is 61.5 Å². The Morgan fingerprint density at radius 1 is 0.861 bits per heavy atom. The molecule has 0 aromatic heterocycles. The van der Waals surface area contributed by atoms with Gasteiger partial charge in [0.1, 0.15) is 17.2 Å². The van der Waals surface area contributed by atoms with Crippen LogP contribution in [0.25, 0.3) is 0 Å². The number of nitro benzene ring substituents is 1. The largest absolute Gasteiger partial charge is 0.456 e. The van der Waals surface area contributed by atoms with Gasteiger partial charge in [0, 0.05) is 54.3 Å². The highest BCUT2D eigenvalue weighted by atomic mass is 16.6. The minimum Gasteiger partial charge on any atom is -0.456 e. The molecule has 0 saturated carbocycles. The molecule has 1 spiro atoms. The predicted molar refractivity (Wildman–Crippen MR) is 135 cm³/mol. The minimum absolute atomic E-state index is 0.0413. The van der Waals surface area contributed by atoms with Crippen molar-refractivity contribution in [2.75, 3.05) is 24.3 Å². The molecule has 0 saturated heterocycles. The Hall–Kier alpha value is -4.85. The van der Waals surface area contributed by atoms with Crippen LogP contribution in [0.2, 0.25) is 0 Å². The zero-order valence-corrected chi connectivity index (χ0v) is 19.5. The van der Waals surface area contributed by atoms with Crippen LogP contribution in [0.15, 0.2) is 84.9 Å². The third-order valence-electron chi connectivity index (χ3n) is 6.59. The molecule has 178 valence electrons. The van der Waals surface area contributed by atoms with Gasteiger partial charge in [0.25, 0.3) is 5.69 Å². The van der Waals surface area contributed by atoms with Gasteiger partial charge in [-0.2, -0.15) is 0 Å². The average molecular weight is 479 g/mol. The number of hydrogen-bond donors (Lipinski definition) is 1. The molecular formula is C28H21N3O5. The van der Waals surface area contributed by atoms with E-state index in [1.54, 1.807) is 36.4 Å². The highest BCUT2D eigenvalue weighted by Crippen LogP contribution is 2.57. The first-order valence-electron chi connectivity index (χ1n) is 11.4. The van der Waals surface area contributed by atoms with Gasteiger partial charge in [-0.1, -0.05) is 30.3 Å². The monoisotopic (exact) mass is 479 g/mol. The summed E-state index contributed by atoms with van der Waals surface area (Å²) in [6.45, 7) is 0. The van der Waals surface area contributed by atoms with Gasteiger partial charge in [-0.3, -0.25) is 10.1 Å². The fraction of sp³-hybridized carbons (Fsp3) is 0.107. The van der Waals surface area contributed by atoms with Crippen LogP contribution in [0.3, 0.4) is 0 Å². The van der Waals surface area contributed by atoms with Gasteiger partial charge in [0.15, 0.2) is 5.60 Å². The number of nitro groups is 1. The molecule has 0 amide bonds. The Kier molecular flexibility index (Phi) is 4.72. The number of nitrogens with one attached hydrogen (secondary N) is 1. The van der Waals surface area contributed by atoms with Crippen LogP contribution >= 0.6 is 0 Å². The number of ether oxygens (including phenoxy) is 2. The molecule has 0 bridgehead atoms. The standard InChI is InChI=1S/C28H21N3O5/c1-30(2)18-12-13-21-26(16-18)35-25-14-11-17(29-23-9-5-6-10-24(23)31(33)34)15-22(25)28(21)20-8-4-3-7-19(20)27(32)36-28/h3-16,29H,1-2H3. The molecule has 36 heavy (non-hydrogen) atoms. The van der Waals surface area contributed by atoms with Crippen LogP contribution in [0.4, 0.5) is 22.7 Å². The minimum atomic E-state index is -1.22. The van der Waals surface area contributed by atoms with Crippen LogP contribution in [0, 0.1) is 10.1 Å². The Morgan fingerprint density at radius 2 is 1.64 bits per heavy atom. The van der Waals surface area contributed by atoms with Crippen LogP contribution in [0.1, 0.15) is 27.0 Å². The smallest absolute Gasteiger partial charge is 0.340 e. The van der Waals surface area contributed by atoms with E-state index in [2.05, 4.69) is 5.32 Å². The number of benzene rings is 4. The van der Waals surface area contributed by atoms with Crippen molar-refractivity contribution in [2.45, 2.75) is 5.60 Å². The fourth-order valence-corrected chi connectivity index (χ4v) is 4.91. The molecule has 0 radical (unpaired) electrons. The van der Waals surface area contributed by atoms with E-state index >= 15 is 0 Å². The molecule has 4 aromatic rings. The SMILES string of the molecule is CN(C)c1ccc2c(c1)Oc1ccc(Nc3ccccc3[N+](=O)[O-])cc1C21OC(=O)c2ccccc21. The first-order chi connectivity index (χ1) is 17.4. The molecule has 0 fully saturated rings. The number of hydrogen-bond acceptors (Lipinski definition) is 7. The quantitative estimate of drug-likeness (QED) is 0.219. The third-order valence-corrected chi connectivity index (χ3v) is 6.59. The van der Waals surface area contributed by atoms with Crippen molar-refractivity contribution < 1.29 is 19.2 Å². The Bertz CT molecular complexity index is 1560. The summed E-state index contributed by atoms with van der Waals surface area (Å²) < 4.78 is 12.5. The lowest BCUT2D eigenvalue weighted by molar-refractivity contribution is -0.383. The van der Waals surface area contributed by atoms with E-state index < -0.39 is 16.5 Å². The van der Waals surface area contributed by atoms with Gasteiger partial charge in [-0.05, 0) is 42.5 Å². The van der Waals surface area contributed by atoms with Gasteiger partial charge < -0.3 is 19.7 Å². The topological polar surface area (TPSA) is 93.9 Å². The first kappa shape index (κ1) is 21.7. The maximum atomic E-state index is 13.1. The number of carbonyl (C=O) groups is 1. The van der Waals surface area contributed by atoms with Crippen LogP contribution in [-0.4, -0.2) is 25.0 Å². The molecule has 0 aliphatic carbocycles. The van der Waals surface area contributed by atoms with E-state index in [-0.39, 0.29) is 5.69 Å². The van der Waals surface area contributed by atoms with E-state index in [0.29, 0.717) is 39.6 Å². The van der Waals surface area contributed by atoms with Crippen LogP contribution < -0.4 is 15.0 Å². The number of fused-ring (bicyclic) bond motifs is 6. The lowest BCUT2D eigenvalue weighted by Crippen LogP contribution is -2.33. The summed E-state index contributed by atoms with van der Waals surface area (Å²) in [7, 11) is 3.89. The molecule has 1 unspecified atom stereocenters. The van der Waals surface area contributed by atoms with Gasteiger partial charge in [-0.25, -0.2) is 4.79 Å².